The summed E-state index contributed by atoms with van der Waals surface area (Å²) in [6.45, 7) is 3.64. The first kappa shape index (κ1) is 7.99. The predicted octanol–water partition coefficient (Wildman–Crippen LogP) is 2.13. The van der Waals surface area contributed by atoms with Gasteiger partial charge in [-0.05, 0) is 25.0 Å². The molecule has 0 aliphatic rings. The Morgan fingerprint density at radius 1 is 1.36 bits per heavy atom. The maximum absolute atomic E-state index is 10.8. The summed E-state index contributed by atoms with van der Waals surface area (Å²) in [6, 6.07) is 7.97. The largest absolute Gasteiger partial charge is 0.300 e. The fourth-order valence-electron chi connectivity index (χ4n) is 1.08. The van der Waals surface area contributed by atoms with E-state index in [-0.39, 0.29) is 5.78 Å². The molecule has 0 unspecified atom stereocenters. The van der Waals surface area contributed by atoms with Crippen molar-refractivity contribution in [3.8, 4) is 0 Å². The second-order valence-electron chi connectivity index (χ2n) is 2.81. The summed E-state index contributed by atoms with van der Waals surface area (Å²) in [5.74, 6) is 0.222. The highest BCUT2D eigenvalue weighted by Gasteiger charge is 1.98. The summed E-state index contributed by atoms with van der Waals surface area (Å²) in [4.78, 5) is 10.8. The number of ketones is 1. The first-order chi connectivity index (χ1) is 5.20. The van der Waals surface area contributed by atoms with E-state index >= 15 is 0 Å². The topological polar surface area (TPSA) is 17.1 Å². The van der Waals surface area contributed by atoms with Gasteiger partial charge in [0.1, 0.15) is 5.78 Å². The Morgan fingerprint density at radius 2 is 2.00 bits per heavy atom. The molecule has 0 saturated carbocycles. The number of aryl methyl sites for hydroxylation is 1. The molecule has 58 valence electrons. The average Bonchev–Trinajstić information content (AvgIpc) is 1.93. The first-order valence-corrected chi connectivity index (χ1v) is 3.74. The van der Waals surface area contributed by atoms with Crippen molar-refractivity contribution in [3.63, 3.8) is 0 Å². The van der Waals surface area contributed by atoms with E-state index in [1.807, 2.05) is 31.2 Å². The van der Waals surface area contributed by atoms with E-state index in [1.165, 1.54) is 5.56 Å². The molecule has 0 bridgehead atoms. The molecular weight excluding hydrogens is 136 g/mol. The van der Waals surface area contributed by atoms with Gasteiger partial charge in [0, 0.05) is 6.42 Å². The minimum Gasteiger partial charge on any atom is -0.300 e. The molecule has 1 aromatic rings. The third-order valence-electron chi connectivity index (χ3n) is 1.70. The molecule has 0 heterocycles. The van der Waals surface area contributed by atoms with Gasteiger partial charge < -0.3 is 0 Å². The van der Waals surface area contributed by atoms with Crippen molar-refractivity contribution < 1.29 is 4.79 Å². The SMILES string of the molecule is CC(=O)Cc1ccccc1C. The highest BCUT2D eigenvalue weighted by Crippen LogP contribution is 2.07. The zero-order valence-corrected chi connectivity index (χ0v) is 6.92. The van der Waals surface area contributed by atoms with Crippen LogP contribution in [0.5, 0.6) is 0 Å². The predicted molar refractivity (Wildman–Crippen MR) is 45.6 cm³/mol. The summed E-state index contributed by atoms with van der Waals surface area (Å²) in [7, 11) is 0. The van der Waals surface area contributed by atoms with Gasteiger partial charge in [0.2, 0.25) is 0 Å². The molecule has 1 aromatic carbocycles. The van der Waals surface area contributed by atoms with E-state index in [4.69, 9.17) is 0 Å². The van der Waals surface area contributed by atoms with Crippen molar-refractivity contribution in [1.82, 2.24) is 0 Å². The van der Waals surface area contributed by atoms with Crippen LogP contribution < -0.4 is 0 Å². The van der Waals surface area contributed by atoms with E-state index in [9.17, 15) is 4.79 Å². The second-order valence-corrected chi connectivity index (χ2v) is 2.81. The van der Waals surface area contributed by atoms with Crippen molar-refractivity contribution in [2.24, 2.45) is 0 Å². The zero-order chi connectivity index (χ0) is 8.27. The van der Waals surface area contributed by atoms with E-state index in [2.05, 4.69) is 0 Å². The van der Waals surface area contributed by atoms with Crippen molar-refractivity contribution in [2.45, 2.75) is 20.3 Å². The van der Waals surface area contributed by atoms with Gasteiger partial charge in [-0.1, -0.05) is 24.3 Å². The minimum atomic E-state index is 0.222. The number of hydrogen-bond donors (Lipinski definition) is 0. The maximum atomic E-state index is 10.8. The van der Waals surface area contributed by atoms with Crippen LogP contribution in [0.1, 0.15) is 18.1 Å². The quantitative estimate of drug-likeness (QED) is 0.628. The van der Waals surface area contributed by atoms with Crippen molar-refractivity contribution >= 4 is 5.78 Å². The van der Waals surface area contributed by atoms with Crippen LogP contribution in [0.2, 0.25) is 0 Å². The van der Waals surface area contributed by atoms with Gasteiger partial charge in [-0.3, -0.25) is 4.79 Å². The van der Waals surface area contributed by atoms with E-state index < -0.39 is 0 Å². The van der Waals surface area contributed by atoms with E-state index in [0.29, 0.717) is 6.42 Å². The van der Waals surface area contributed by atoms with Crippen LogP contribution in [0, 0.1) is 6.92 Å². The standard InChI is InChI=1S/C10H12O/c1-8-5-3-4-6-10(8)7-9(2)11/h3-6H,7H2,1-2H3. The first-order valence-electron chi connectivity index (χ1n) is 3.74. The molecule has 0 amide bonds. The van der Waals surface area contributed by atoms with Crippen molar-refractivity contribution in [3.05, 3.63) is 35.4 Å². The molecule has 0 radical (unpaired) electrons. The number of benzene rings is 1. The Balaban J connectivity index is 2.86. The molecule has 0 N–H and O–H groups in total. The lowest BCUT2D eigenvalue weighted by Crippen LogP contribution is -1.97. The lowest BCUT2D eigenvalue weighted by molar-refractivity contribution is -0.116. The highest BCUT2D eigenvalue weighted by atomic mass is 16.1. The molecule has 0 saturated heterocycles. The van der Waals surface area contributed by atoms with Crippen molar-refractivity contribution in [1.29, 1.82) is 0 Å². The normalized spacial score (nSPS) is 9.64. The van der Waals surface area contributed by atoms with Crippen LogP contribution in [0.3, 0.4) is 0 Å². The number of hydrogen-bond acceptors (Lipinski definition) is 1. The van der Waals surface area contributed by atoms with Crippen LogP contribution in [-0.4, -0.2) is 5.78 Å². The molecule has 0 spiro atoms. The summed E-state index contributed by atoms with van der Waals surface area (Å²) < 4.78 is 0. The summed E-state index contributed by atoms with van der Waals surface area (Å²) in [5, 5.41) is 0. The number of carbonyl (C=O) groups excluding carboxylic acids is 1. The molecule has 0 aromatic heterocycles. The molecule has 1 nitrogen and oxygen atoms in total. The molecule has 0 fully saturated rings. The maximum Gasteiger partial charge on any atom is 0.134 e. The third kappa shape index (κ3) is 2.19. The molecular formula is C10H12O. The van der Waals surface area contributed by atoms with Crippen LogP contribution in [-0.2, 0) is 11.2 Å². The summed E-state index contributed by atoms with van der Waals surface area (Å²) >= 11 is 0. The third-order valence-corrected chi connectivity index (χ3v) is 1.70. The van der Waals surface area contributed by atoms with E-state index in [0.717, 1.165) is 5.56 Å². The highest BCUT2D eigenvalue weighted by molar-refractivity contribution is 5.78. The molecule has 1 heteroatoms. The fourth-order valence-corrected chi connectivity index (χ4v) is 1.08. The lowest BCUT2D eigenvalue weighted by Gasteiger charge is -2.00. The lowest BCUT2D eigenvalue weighted by atomic mass is 10.0. The summed E-state index contributed by atoms with van der Waals surface area (Å²) in [5.41, 5.74) is 2.34. The Hall–Kier alpha value is -1.11. The number of carbonyl (C=O) groups is 1. The smallest absolute Gasteiger partial charge is 0.134 e. The Morgan fingerprint density at radius 3 is 2.55 bits per heavy atom. The Kier molecular flexibility index (Phi) is 2.42. The van der Waals surface area contributed by atoms with Crippen LogP contribution in [0.15, 0.2) is 24.3 Å². The minimum absolute atomic E-state index is 0.222. The number of rotatable bonds is 2. The summed E-state index contributed by atoms with van der Waals surface area (Å²) in [6.07, 6.45) is 0.562. The molecule has 0 aliphatic heterocycles. The van der Waals surface area contributed by atoms with Crippen molar-refractivity contribution in [2.75, 3.05) is 0 Å². The van der Waals surface area contributed by atoms with Gasteiger partial charge in [0.15, 0.2) is 0 Å². The van der Waals surface area contributed by atoms with Crippen LogP contribution in [0.4, 0.5) is 0 Å². The van der Waals surface area contributed by atoms with Gasteiger partial charge in [-0.25, -0.2) is 0 Å². The van der Waals surface area contributed by atoms with Crippen LogP contribution >= 0.6 is 0 Å². The average molecular weight is 148 g/mol. The second kappa shape index (κ2) is 3.33. The van der Waals surface area contributed by atoms with Gasteiger partial charge in [-0.15, -0.1) is 0 Å². The number of Topliss-reactive ketones (excluding diaryl/α,β-unsaturated/α-hetero) is 1. The van der Waals surface area contributed by atoms with Gasteiger partial charge in [-0.2, -0.15) is 0 Å². The molecule has 11 heavy (non-hydrogen) atoms. The fraction of sp³-hybridized carbons (Fsp3) is 0.300. The Bertz CT molecular complexity index is 263. The molecule has 0 atom stereocenters. The van der Waals surface area contributed by atoms with E-state index in [1.54, 1.807) is 6.92 Å². The zero-order valence-electron chi connectivity index (χ0n) is 6.92. The van der Waals surface area contributed by atoms with Gasteiger partial charge in [0.25, 0.3) is 0 Å². The Labute approximate surface area is 67.1 Å². The van der Waals surface area contributed by atoms with Crippen LogP contribution in [0.25, 0.3) is 0 Å². The van der Waals surface area contributed by atoms with Gasteiger partial charge in [0.05, 0.1) is 0 Å². The molecule has 1 rings (SSSR count). The molecule has 0 aliphatic carbocycles. The van der Waals surface area contributed by atoms with Gasteiger partial charge >= 0.3 is 0 Å². The monoisotopic (exact) mass is 148 g/mol.